The Morgan fingerprint density at radius 3 is 2.08 bits per heavy atom. The van der Waals surface area contributed by atoms with Crippen LogP contribution in [-0.2, 0) is 4.79 Å². The van der Waals surface area contributed by atoms with Gasteiger partial charge in [-0.25, -0.2) is 0 Å². The van der Waals surface area contributed by atoms with E-state index in [1.165, 1.54) is 0 Å². The minimum Gasteiger partial charge on any atom is -0.481 e. The minimum atomic E-state index is -0.609. The first-order valence-corrected chi connectivity index (χ1v) is 5.19. The largest absolute Gasteiger partial charge is 0.481 e. The van der Waals surface area contributed by atoms with Crippen molar-refractivity contribution in [2.24, 2.45) is 23.2 Å². The van der Waals surface area contributed by atoms with Gasteiger partial charge in [-0.1, -0.05) is 40.5 Å². The number of aliphatic carboxylic acids is 1. The SMILES string of the molecule is CCC(CC)[C@@H]1[C@@H](C(=O)O)C1(C)C. The number of carboxylic acids is 1. The highest BCUT2D eigenvalue weighted by Gasteiger charge is 2.63. The Hall–Kier alpha value is -0.530. The van der Waals surface area contributed by atoms with Gasteiger partial charge in [0.05, 0.1) is 5.92 Å². The molecule has 76 valence electrons. The summed E-state index contributed by atoms with van der Waals surface area (Å²) in [5.74, 6) is 0.287. The quantitative estimate of drug-likeness (QED) is 0.729. The van der Waals surface area contributed by atoms with Crippen LogP contribution in [0.4, 0.5) is 0 Å². The maximum Gasteiger partial charge on any atom is 0.307 e. The molecule has 0 aliphatic heterocycles. The van der Waals surface area contributed by atoms with E-state index in [2.05, 4.69) is 27.7 Å². The van der Waals surface area contributed by atoms with Gasteiger partial charge in [0, 0.05) is 0 Å². The number of carboxylic acid groups (broad SMARTS) is 1. The highest BCUT2D eigenvalue weighted by molar-refractivity contribution is 5.75. The van der Waals surface area contributed by atoms with Gasteiger partial charge in [-0.05, 0) is 17.3 Å². The van der Waals surface area contributed by atoms with E-state index in [1.54, 1.807) is 0 Å². The lowest BCUT2D eigenvalue weighted by molar-refractivity contribution is -0.139. The molecule has 1 rings (SSSR count). The topological polar surface area (TPSA) is 37.3 Å². The summed E-state index contributed by atoms with van der Waals surface area (Å²) < 4.78 is 0. The molecule has 0 unspecified atom stereocenters. The lowest BCUT2D eigenvalue weighted by Gasteiger charge is -2.12. The Balaban J connectivity index is 2.69. The van der Waals surface area contributed by atoms with Crippen LogP contribution < -0.4 is 0 Å². The molecule has 0 spiro atoms. The average molecular weight is 184 g/mol. The van der Waals surface area contributed by atoms with E-state index < -0.39 is 5.97 Å². The monoisotopic (exact) mass is 184 g/mol. The van der Waals surface area contributed by atoms with E-state index in [-0.39, 0.29) is 11.3 Å². The van der Waals surface area contributed by atoms with Gasteiger partial charge < -0.3 is 5.11 Å². The second-order valence-electron chi connectivity index (χ2n) is 4.74. The lowest BCUT2D eigenvalue weighted by atomic mass is 9.92. The van der Waals surface area contributed by atoms with Crippen LogP contribution in [0, 0.1) is 23.2 Å². The Kier molecular flexibility index (Phi) is 2.69. The molecule has 13 heavy (non-hydrogen) atoms. The van der Waals surface area contributed by atoms with Gasteiger partial charge in [0.25, 0.3) is 0 Å². The van der Waals surface area contributed by atoms with Crippen LogP contribution in [0.2, 0.25) is 0 Å². The van der Waals surface area contributed by atoms with Crippen LogP contribution in [0.5, 0.6) is 0 Å². The molecule has 1 aliphatic rings. The van der Waals surface area contributed by atoms with Gasteiger partial charge >= 0.3 is 5.97 Å². The molecule has 1 N–H and O–H groups in total. The van der Waals surface area contributed by atoms with E-state index in [1.807, 2.05) is 0 Å². The van der Waals surface area contributed by atoms with E-state index in [0.717, 1.165) is 12.8 Å². The van der Waals surface area contributed by atoms with Crippen molar-refractivity contribution in [2.75, 3.05) is 0 Å². The van der Waals surface area contributed by atoms with Gasteiger partial charge in [0.1, 0.15) is 0 Å². The van der Waals surface area contributed by atoms with Gasteiger partial charge in [-0.15, -0.1) is 0 Å². The Bertz CT molecular complexity index is 204. The van der Waals surface area contributed by atoms with Crippen LogP contribution in [-0.4, -0.2) is 11.1 Å². The highest BCUT2D eigenvalue weighted by Crippen LogP contribution is 2.62. The van der Waals surface area contributed by atoms with Crippen molar-refractivity contribution >= 4 is 5.97 Å². The molecule has 2 heteroatoms. The fourth-order valence-corrected chi connectivity index (χ4v) is 2.83. The third kappa shape index (κ3) is 1.59. The number of hydrogen-bond acceptors (Lipinski definition) is 1. The molecule has 1 saturated carbocycles. The summed E-state index contributed by atoms with van der Waals surface area (Å²) in [4.78, 5) is 10.9. The average Bonchev–Trinajstić information content (AvgIpc) is 2.57. The summed E-state index contributed by atoms with van der Waals surface area (Å²) in [7, 11) is 0. The normalized spacial score (nSPS) is 30.5. The number of carbonyl (C=O) groups is 1. The van der Waals surface area contributed by atoms with Gasteiger partial charge in [-0.3, -0.25) is 4.79 Å². The van der Waals surface area contributed by atoms with Crippen molar-refractivity contribution in [1.82, 2.24) is 0 Å². The van der Waals surface area contributed by atoms with Gasteiger partial charge in [0.15, 0.2) is 0 Å². The summed E-state index contributed by atoms with van der Waals surface area (Å²) >= 11 is 0. The van der Waals surface area contributed by atoms with E-state index in [9.17, 15) is 4.79 Å². The molecule has 0 aromatic heterocycles. The van der Waals surface area contributed by atoms with Crippen molar-refractivity contribution in [3.8, 4) is 0 Å². The van der Waals surface area contributed by atoms with Crippen molar-refractivity contribution in [1.29, 1.82) is 0 Å². The first-order chi connectivity index (χ1) is 5.96. The number of rotatable bonds is 4. The predicted molar refractivity (Wildman–Crippen MR) is 52.5 cm³/mol. The molecular formula is C11H20O2. The number of hydrogen-bond donors (Lipinski definition) is 1. The molecule has 1 aliphatic carbocycles. The minimum absolute atomic E-state index is 0.0303. The van der Waals surface area contributed by atoms with E-state index in [0.29, 0.717) is 11.8 Å². The molecular weight excluding hydrogens is 164 g/mol. The van der Waals surface area contributed by atoms with Crippen molar-refractivity contribution < 1.29 is 9.90 Å². The van der Waals surface area contributed by atoms with Gasteiger partial charge in [0.2, 0.25) is 0 Å². The molecule has 2 atom stereocenters. The third-order valence-electron chi connectivity index (χ3n) is 3.73. The zero-order chi connectivity index (χ0) is 10.2. The van der Waals surface area contributed by atoms with Crippen LogP contribution in [0.3, 0.4) is 0 Å². The Labute approximate surface area is 80.3 Å². The molecule has 0 saturated heterocycles. The van der Waals surface area contributed by atoms with Crippen LogP contribution in [0.25, 0.3) is 0 Å². The molecule has 0 amide bonds. The maximum atomic E-state index is 10.9. The molecule has 0 bridgehead atoms. The zero-order valence-electron chi connectivity index (χ0n) is 9.00. The summed E-state index contributed by atoms with van der Waals surface area (Å²) in [6.07, 6.45) is 2.21. The molecule has 0 aromatic carbocycles. The second-order valence-corrected chi connectivity index (χ2v) is 4.74. The fourth-order valence-electron chi connectivity index (χ4n) is 2.83. The second kappa shape index (κ2) is 3.32. The van der Waals surface area contributed by atoms with E-state index >= 15 is 0 Å². The third-order valence-corrected chi connectivity index (χ3v) is 3.73. The summed E-state index contributed by atoms with van der Waals surface area (Å²) in [5, 5.41) is 9.00. The smallest absolute Gasteiger partial charge is 0.307 e. The fraction of sp³-hybridized carbons (Fsp3) is 0.909. The zero-order valence-corrected chi connectivity index (χ0v) is 9.00. The first-order valence-electron chi connectivity index (χ1n) is 5.19. The highest BCUT2D eigenvalue weighted by atomic mass is 16.4. The lowest BCUT2D eigenvalue weighted by Crippen LogP contribution is -2.06. The predicted octanol–water partition coefficient (Wildman–Crippen LogP) is 2.78. The summed E-state index contributed by atoms with van der Waals surface area (Å²) in [6, 6.07) is 0. The van der Waals surface area contributed by atoms with E-state index in [4.69, 9.17) is 5.11 Å². The standard InChI is InChI=1S/C11H20O2/c1-5-7(6-2)8-9(10(12)13)11(8,3)4/h7-9H,5-6H2,1-4H3,(H,12,13)/t8-,9+/m1/s1. The molecule has 0 heterocycles. The first kappa shape index (κ1) is 10.6. The Morgan fingerprint density at radius 2 is 1.85 bits per heavy atom. The van der Waals surface area contributed by atoms with Crippen LogP contribution in [0.1, 0.15) is 40.5 Å². The summed E-state index contributed by atoms with van der Waals surface area (Å²) in [6.45, 7) is 8.46. The van der Waals surface area contributed by atoms with Crippen molar-refractivity contribution in [3.63, 3.8) is 0 Å². The molecule has 0 aromatic rings. The maximum absolute atomic E-state index is 10.9. The molecule has 1 fully saturated rings. The van der Waals surface area contributed by atoms with Crippen molar-refractivity contribution in [2.45, 2.75) is 40.5 Å². The van der Waals surface area contributed by atoms with Crippen LogP contribution in [0.15, 0.2) is 0 Å². The summed E-state index contributed by atoms with van der Waals surface area (Å²) in [5.41, 5.74) is 0.0303. The Morgan fingerprint density at radius 1 is 1.38 bits per heavy atom. The van der Waals surface area contributed by atoms with Crippen LogP contribution >= 0.6 is 0 Å². The molecule has 0 radical (unpaired) electrons. The van der Waals surface area contributed by atoms with Gasteiger partial charge in [-0.2, -0.15) is 0 Å². The van der Waals surface area contributed by atoms with Crippen molar-refractivity contribution in [3.05, 3.63) is 0 Å². The molecule has 2 nitrogen and oxygen atoms in total.